The van der Waals surface area contributed by atoms with E-state index in [1.807, 2.05) is 6.07 Å². The van der Waals surface area contributed by atoms with E-state index in [-0.39, 0.29) is 0 Å². The number of furan rings is 1. The van der Waals surface area contributed by atoms with Crippen LogP contribution in [0.15, 0.2) is 192 Å². The van der Waals surface area contributed by atoms with E-state index in [9.17, 15) is 0 Å². The molecule has 5 heteroatoms. The maximum atomic E-state index is 7.01. The number of fused-ring (bicyclic) bond motifs is 9. The molecule has 12 rings (SSSR count). The van der Waals surface area contributed by atoms with Gasteiger partial charge in [0.2, 0.25) is 0 Å². The molecular weight excluding hydrogens is 715 g/mol. The first kappa shape index (κ1) is 32.0. The Morgan fingerprint density at radius 1 is 0.421 bits per heavy atom. The molecule has 0 bridgehead atoms. The number of thiophene rings is 1. The second-order valence-corrected chi connectivity index (χ2v) is 15.5. The highest BCUT2D eigenvalue weighted by molar-refractivity contribution is 7.25. The van der Waals surface area contributed by atoms with E-state index < -0.39 is 0 Å². The average Bonchev–Trinajstić information content (AvgIpc) is 3.96. The minimum atomic E-state index is 0.649. The van der Waals surface area contributed by atoms with Crippen LogP contribution in [0.3, 0.4) is 0 Å². The van der Waals surface area contributed by atoms with Crippen molar-refractivity contribution < 1.29 is 4.42 Å². The van der Waals surface area contributed by atoms with Gasteiger partial charge in [-0.3, -0.25) is 0 Å². The van der Waals surface area contributed by atoms with E-state index in [2.05, 4.69) is 187 Å². The normalized spacial score (nSPS) is 11.9. The number of rotatable bonds is 5. The first-order chi connectivity index (χ1) is 28.3. The SMILES string of the molecule is c1ccc(-c2ccc3sc4nc(-c5cccc6c5oc5c(-c7ccc8c9ccccc9n(-c9ccccc9)c8c7)cccc56)nc(-c5ccccc5)c4c3c2)cc1. The Balaban J connectivity index is 1.06. The third kappa shape index (κ3) is 4.99. The van der Waals surface area contributed by atoms with Crippen LogP contribution < -0.4 is 0 Å². The van der Waals surface area contributed by atoms with Crippen molar-refractivity contribution in [3.8, 4) is 50.6 Å². The number of hydrogen-bond acceptors (Lipinski definition) is 4. The number of para-hydroxylation sites is 4. The highest BCUT2D eigenvalue weighted by Crippen LogP contribution is 2.44. The quantitative estimate of drug-likeness (QED) is 0.176. The Morgan fingerprint density at radius 3 is 1.84 bits per heavy atom. The number of hydrogen-bond donors (Lipinski definition) is 0. The summed E-state index contributed by atoms with van der Waals surface area (Å²) in [7, 11) is 0. The first-order valence-electron chi connectivity index (χ1n) is 19.2. The first-order valence-corrected chi connectivity index (χ1v) is 20.0. The summed E-state index contributed by atoms with van der Waals surface area (Å²) in [6.07, 6.45) is 0. The van der Waals surface area contributed by atoms with Crippen LogP contribution in [-0.2, 0) is 0 Å². The zero-order chi connectivity index (χ0) is 37.5. The van der Waals surface area contributed by atoms with Gasteiger partial charge in [-0.15, -0.1) is 11.3 Å². The molecule has 0 atom stereocenters. The van der Waals surface area contributed by atoms with E-state index in [0.29, 0.717) is 5.82 Å². The van der Waals surface area contributed by atoms with Crippen molar-refractivity contribution in [3.63, 3.8) is 0 Å². The molecular formula is C52H31N3OS. The maximum Gasteiger partial charge on any atom is 0.165 e. The Labute approximate surface area is 331 Å². The van der Waals surface area contributed by atoms with Crippen molar-refractivity contribution in [1.29, 1.82) is 0 Å². The van der Waals surface area contributed by atoms with Crippen molar-refractivity contribution in [2.24, 2.45) is 0 Å². The molecule has 57 heavy (non-hydrogen) atoms. The van der Waals surface area contributed by atoms with Gasteiger partial charge >= 0.3 is 0 Å². The summed E-state index contributed by atoms with van der Waals surface area (Å²) >= 11 is 1.71. The number of benzene rings is 8. The van der Waals surface area contributed by atoms with Gasteiger partial charge in [-0.1, -0.05) is 146 Å². The fourth-order valence-corrected chi connectivity index (χ4v) is 9.68. The van der Waals surface area contributed by atoms with Crippen LogP contribution in [0, 0.1) is 0 Å². The summed E-state index contributed by atoms with van der Waals surface area (Å²) in [6.45, 7) is 0. The molecule has 0 N–H and O–H groups in total. The highest BCUT2D eigenvalue weighted by atomic mass is 32.1. The lowest BCUT2D eigenvalue weighted by Crippen LogP contribution is -1.94. The minimum Gasteiger partial charge on any atom is -0.455 e. The maximum absolute atomic E-state index is 7.01. The molecule has 4 aromatic heterocycles. The van der Waals surface area contributed by atoms with Crippen LogP contribution in [0.1, 0.15) is 0 Å². The standard InChI is InChI=1S/C52H31N3OS/c1-4-14-32(15-5-1)34-27-29-46-43(30-34)47-48(33-16-6-2-7-17-33)53-51(54-52(47)57-46)42-24-13-23-41-40-22-12-21-37(49(40)56-50(41)42)35-26-28-39-38-20-10-11-25-44(38)55(45(39)31-35)36-18-8-3-9-19-36/h1-31H. The molecule has 0 spiro atoms. The highest BCUT2D eigenvalue weighted by Gasteiger charge is 2.22. The van der Waals surface area contributed by atoms with Crippen LogP contribution in [0.25, 0.3) is 115 Å². The summed E-state index contributed by atoms with van der Waals surface area (Å²) in [6, 6.07) is 66.5. The van der Waals surface area contributed by atoms with E-state index in [0.717, 1.165) is 76.7 Å². The van der Waals surface area contributed by atoms with Gasteiger partial charge in [0.05, 0.1) is 22.3 Å². The van der Waals surface area contributed by atoms with Crippen molar-refractivity contribution in [2.75, 3.05) is 0 Å². The largest absolute Gasteiger partial charge is 0.455 e. The molecule has 0 amide bonds. The molecule has 0 radical (unpaired) electrons. The van der Waals surface area contributed by atoms with Crippen molar-refractivity contribution in [2.45, 2.75) is 0 Å². The minimum absolute atomic E-state index is 0.649. The summed E-state index contributed by atoms with van der Waals surface area (Å²) in [4.78, 5) is 11.7. The van der Waals surface area contributed by atoms with Gasteiger partial charge in [0.25, 0.3) is 0 Å². The van der Waals surface area contributed by atoms with E-state index in [1.54, 1.807) is 11.3 Å². The lowest BCUT2D eigenvalue weighted by atomic mass is 10.00. The second-order valence-electron chi connectivity index (χ2n) is 14.5. The molecule has 4 nitrogen and oxygen atoms in total. The zero-order valence-electron chi connectivity index (χ0n) is 30.6. The molecule has 0 aliphatic rings. The molecule has 0 aliphatic carbocycles. The van der Waals surface area contributed by atoms with Crippen LogP contribution >= 0.6 is 11.3 Å². The van der Waals surface area contributed by atoms with Crippen molar-refractivity contribution in [3.05, 3.63) is 188 Å². The fraction of sp³-hybridized carbons (Fsp3) is 0. The topological polar surface area (TPSA) is 43.9 Å². The van der Waals surface area contributed by atoms with Gasteiger partial charge in [-0.05, 0) is 59.2 Å². The van der Waals surface area contributed by atoms with E-state index in [1.165, 1.54) is 32.1 Å². The Hall–Kier alpha value is -7.34. The second kappa shape index (κ2) is 12.6. The van der Waals surface area contributed by atoms with Gasteiger partial charge < -0.3 is 8.98 Å². The predicted octanol–water partition coefficient (Wildman–Crippen LogP) is 14.5. The smallest absolute Gasteiger partial charge is 0.165 e. The van der Waals surface area contributed by atoms with Crippen molar-refractivity contribution in [1.82, 2.24) is 14.5 Å². The summed E-state index contributed by atoms with van der Waals surface area (Å²) < 4.78 is 10.6. The summed E-state index contributed by atoms with van der Waals surface area (Å²) in [5, 5.41) is 6.79. The molecule has 266 valence electrons. The molecule has 0 unspecified atom stereocenters. The molecule has 4 heterocycles. The summed E-state index contributed by atoms with van der Waals surface area (Å²) in [5.41, 5.74) is 12.5. The average molecular weight is 746 g/mol. The molecule has 12 aromatic rings. The molecule has 0 aliphatic heterocycles. The molecule has 0 saturated heterocycles. The van der Waals surface area contributed by atoms with Crippen LogP contribution in [0.5, 0.6) is 0 Å². The van der Waals surface area contributed by atoms with Crippen LogP contribution in [-0.4, -0.2) is 14.5 Å². The van der Waals surface area contributed by atoms with Gasteiger partial charge in [0.1, 0.15) is 16.0 Å². The van der Waals surface area contributed by atoms with Gasteiger partial charge in [-0.25, -0.2) is 9.97 Å². The number of aromatic nitrogens is 3. The van der Waals surface area contributed by atoms with Crippen LogP contribution in [0.4, 0.5) is 0 Å². The Morgan fingerprint density at radius 2 is 1.05 bits per heavy atom. The van der Waals surface area contributed by atoms with E-state index in [4.69, 9.17) is 14.4 Å². The van der Waals surface area contributed by atoms with Crippen molar-refractivity contribution >= 4 is 75.4 Å². The van der Waals surface area contributed by atoms with Gasteiger partial charge in [0.15, 0.2) is 5.82 Å². The lowest BCUT2D eigenvalue weighted by molar-refractivity contribution is 0.670. The van der Waals surface area contributed by atoms with E-state index >= 15 is 0 Å². The molecule has 0 saturated carbocycles. The monoisotopic (exact) mass is 745 g/mol. The fourth-order valence-electron chi connectivity index (χ4n) is 8.63. The third-order valence-electron chi connectivity index (χ3n) is 11.3. The summed E-state index contributed by atoms with van der Waals surface area (Å²) in [5.74, 6) is 0.649. The van der Waals surface area contributed by atoms with Gasteiger partial charge in [0, 0.05) is 53.8 Å². The van der Waals surface area contributed by atoms with Gasteiger partial charge in [-0.2, -0.15) is 0 Å². The Kier molecular flexibility index (Phi) is 7.06. The predicted molar refractivity (Wildman–Crippen MR) is 238 cm³/mol. The lowest BCUT2D eigenvalue weighted by Gasteiger charge is -2.09. The molecule has 0 fully saturated rings. The zero-order valence-corrected chi connectivity index (χ0v) is 31.4. The Bertz CT molecular complexity index is 3510. The number of nitrogens with zero attached hydrogens (tertiary/aromatic N) is 3. The third-order valence-corrected chi connectivity index (χ3v) is 12.3. The van der Waals surface area contributed by atoms with Crippen LogP contribution in [0.2, 0.25) is 0 Å². The molecule has 8 aromatic carbocycles.